The lowest BCUT2D eigenvalue weighted by Gasteiger charge is -2.33. The monoisotopic (exact) mass is 398 g/mol. The second-order valence-corrected chi connectivity index (χ2v) is 7.35. The van der Waals surface area contributed by atoms with Crippen LogP contribution in [0.4, 0.5) is 5.69 Å². The largest absolute Gasteiger partial charge is 0.466 e. The number of hydrogen-bond acceptors (Lipinski definition) is 5. The van der Waals surface area contributed by atoms with E-state index in [9.17, 15) is 14.4 Å². The van der Waals surface area contributed by atoms with Gasteiger partial charge in [0.05, 0.1) is 30.7 Å². The van der Waals surface area contributed by atoms with Gasteiger partial charge in [-0.3, -0.25) is 19.3 Å². The fourth-order valence-electron chi connectivity index (χ4n) is 3.55. The SMILES string of the molecule is CCOC(=O)C1CCN([C@@H]2CC(=O)N(c3cc(Cl)cc(Cl)c3)C2=O)CC1. The van der Waals surface area contributed by atoms with Gasteiger partial charge in [-0.25, -0.2) is 4.90 Å². The van der Waals surface area contributed by atoms with E-state index in [1.54, 1.807) is 25.1 Å². The molecule has 3 rings (SSSR count). The summed E-state index contributed by atoms with van der Waals surface area (Å²) < 4.78 is 5.07. The summed E-state index contributed by atoms with van der Waals surface area (Å²) in [5, 5.41) is 0.735. The number of nitrogens with zero attached hydrogens (tertiary/aromatic N) is 2. The first-order chi connectivity index (χ1) is 12.4. The van der Waals surface area contributed by atoms with Crippen LogP contribution in [0.5, 0.6) is 0 Å². The topological polar surface area (TPSA) is 66.9 Å². The molecule has 1 aromatic rings. The van der Waals surface area contributed by atoms with Crippen LogP contribution in [-0.4, -0.2) is 48.4 Å². The number of rotatable bonds is 4. The molecule has 2 fully saturated rings. The van der Waals surface area contributed by atoms with Crippen LogP contribution in [0.15, 0.2) is 18.2 Å². The van der Waals surface area contributed by atoms with Crippen molar-refractivity contribution >= 4 is 46.7 Å². The highest BCUT2D eigenvalue weighted by Gasteiger charge is 2.44. The number of hydrogen-bond donors (Lipinski definition) is 0. The highest BCUT2D eigenvalue weighted by atomic mass is 35.5. The summed E-state index contributed by atoms with van der Waals surface area (Å²) in [7, 11) is 0. The molecule has 0 bridgehead atoms. The molecule has 6 nitrogen and oxygen atoms in total. The molecule has 2 amide bonds. The second-order valence-electron chi connectivity index (χ2n) is 6.48. The number of imide groups is 1. The Kier molecular flexibility index (Phi) is 5.85. The number of carbonyl (C=O) groups is 3. The molecule has 0 N–H and O–H groups in total. The Balaban J connectivity index is 1.69. The Labute approximate surface area is 162 Å². The lowest BCUT2D eigenvalue weighted by atomic mass is 9.95. The zero-order valence-electron chi connectivity index (χ0n) is 14.4. The molecule has 26 heavy (non-hydrogen) atoms. The molecule has 2 heterocycles. The van der Waals surface area contributed by atoms with E-state index in [1.165, 1.54) is 0 Å². The first-order valence-electron chi connectivity index (χ1n) is 8.64. The minimum atomic E-state index is -0.511. The number of anilines is 1. The summed E-state index contributed by atoms with van der Waals surface area (Å²) in [5.41, 5.74) is 0.390. The zero-order chi connectivity index (χ0) is 18.8. The molecule has 0 saturated carbocycles. The molecule has 0 unspecified atom stereocenters. The fraction of sp³-hybridized carbons (Fsp3) is 0.500. The molecular formula is C18H20Cl2N2O4. The maximum atomic E-state index is 12.8. The summed E-state index contributed by atoms with van der Waals surface area (Å²) in [6, 6.07) is 4.15. The number of piperidine rings is 1. The lowest BCUT2D eigenvalue weighted by Crippen LogP contribution is -2.47. The van der Waals surface area contributed by atoms with E-state index in [4.69, 9.17) is 27.9 Å². The minimum Gasteiger partial charge on any atom is -0.466 e. The molecule has 2 aliphatic rings. The number of benzene rings is 1. The maximum absolute atomic E-state index is 12.8. The first-order valence-corrected chi connectivity index (χ1v) is 9.40. The van der Waals surface area contributed by atoms with Gasteiger partial charge in [-0.2, -0.15) is 0 Å². The third kappa shape index (κ3) is 3.87. The van der Waals surface area contributed by atoms with Gasteiger partial charge in [0.25, 0.3) is 5.91 Å². The van der Waals surface area contributed by atoms with E-state index in [0.29, 0.717) is 48.3 Å². The average Bonchev–Trinajstić information content (AvgIpc) is 2.89. The van der Waals surface area contributed by atoms with Gasteiger partial charge in [0.1, 0.15) is 0 Å². The van der Waals surface area contributed by atoms with E-state index in [-0.39, 0.29) is 30.1 Å². The van der Waals surface area contributed by atoms with E-state index in [0.717, 1.165) is 4.90 Å². The van der Waals surface area contributed by atoms with E-state index < -0.39 is 6.04 Å². The van der Waals surface area contributed by atoms with Crippen molar-refractivity contribution < 1.29 is 19.1 Å². The van der Waals surface area contributed by atoms with Crippen LogP contribution in [0.3, 0.4) is 0 Å². The Morgan fingerprint density at radius 3 is 2.35 bits per heavy atom. The van der Waals surface area contributed by atoms with Crippen LogP contribution < -0.4 is 4.90 Å². The molecule has 2 aliphatic heterocycles. The van der Waals surface area contributed by atoms with Crippen LogP contribution in [0.2, 0.25) is 10.0 Å². The summed E-state index contributed by atoms with van der Waals surface area (Å²) in [6.45, 7) is 3.31. The van der Waals surface area contributed by atoms with Gasteiger partial charge in [-0.15, -0.1) is 0 Å². The Hall–Kier alpha value is -1.63. The molecule has 2 saturated heterocycles. The number of halogens is 2. The van der Waals surface area contributed by atoms with Crippen LogP contribution in [-0.2, 0) is 19.1 Å². The van der Waals surface area contributed by atoms with Gasteiger partial charge in [-0.1, -0.05) is 23.2 Å². The number of carbonyl (C=O) groups excluding carboxylic acids is 3. The summed E-state index contributed by atoms with van der Waals surface area (Å²) in [5.74, 6) is -0.869. The lowest BCUT2D eigenvalue weighted by molar-refractivity contribution is -0.149. The third-order valence-electron chi connectivity index (χ3n) is 4.82. The molecule has 1 aromatic carbocycles. The van der Waals surface area contributed by atoms with Gasteiger partial charge in [0, 0.05) is 10.0 Å². The molecule has 0 aliphatic carbocycles. The second kappa shape index (κ2) is 7.94. The van der Waals surface area contributed by atoms with Crippen molar-refractivity contribution in [3.8, 4) is 0 Å². The number of esters is 1. The molecule has 140 valence electrons. The van der Waals surface area contributed by atoms with Crippen molar-refractivity contribution in [2.45, 2.75) is 32.2 Å². The molecule has 8 heteroatoms. The van der Waals surface area contributed by atoms with Crippen molar-refractivity contribution in [3.63, 3.8) is 0 Å². The van der Waals surface area contributed by atoms with E-state index >= 15 is 0 Å². The van der Waals surface area contributed by atoms with Crippen LogP contribution in [0.25, 0.3) is 0 Å². The quantitative estimate of drug-likeness (QED) is 0.576. The number of likely N-dealkylation sites (tertiary alicyclic amines) is 1. The van der Waals surface area contributed by atoms with E-state index in [2.05, 4.69) is 0 Å². The van der Waals surface area contributed by atoms with Gasteiger partial charge < -0.3 is 4.74 Å². The van der Waals surface area contributed by atoms with Crippen molar-refractivity contribution in [2.24, 2.45) is 5.92 Å². The third-order valence-corrected chi connectivity index (χ3v) is 5.26. The van der Waals surface area contributed by atoms with Gasteiger partial charge >= 0.3 is 5.97 Å². The summed E-state index contributed by atoms with van der Waals surface area (Å²) >= 11 is 12.0. The fourth-order valence-corrected chi connectivity index (χ4v) is 4.06. The highest BCUT2D eigenvalue weighted by Crippen LogP contribution is 2.32. The highest BCUT2D eigenvalue weighted by molar-refractivity contribution is 6.35. The summed E-state index contributed by atoms with van der Waals surface area (Å²) in [4.78, 5) is 40.3. The van der Waals surface area contributed by atoms with Crippen LogP contribution in [0, 0.1) is 5.92 Å². The van der Waals surface area contributed by atoms with Crippen LogP contribution >= 0.6 is 23.2 Å². The van der Waals surface area contributed by atoms with Crippen molar-refractivity contribution in [3.05, 3.63) is 28.2 Å². The standard InChI is InChI=1S/C18H20Cl2N2O4/c1-2-26-18(25)11-3-5-21(6-4-11)15-10-16(23)22(17(15)24)14-8-12(19)7-13(20)9-14/h7-9,11,15H,2-6,10H2,1H3/t15-/m1/s1. The van der Waals surface area contributed by atoms with Gasteiger partial charge in [-0.05, 0) is 51.1 Å². The zero-order valence-corrected chi connectivity index (χ0v) is 15.9. The average molecular weight is 399 g/mol. The number of amides is 2. The predicted molar refractivity (Wildman–Crippen MR) is 98.3 cm³/mol. The minimum absolute atomic E-state index is 0.118. The summed E-state index contributed by atoms with van der Waals surface area (Å²) in [6.07, 6.45) is 1.37. The van der Waals surface area contributed by atoms with Gasteiger partial charge in [0.2, 0.25) is 5.91 Å². The van der Waals surface area contributed by atoms with Crippen LogP contribution in [0.1, 0.15) is 26.2 Å². The van der Waals surface area contributed by atoms with Crippen molar-refractivity contribution in [1.29, 1.82) is 0 Å². The molecule has 0 aromatic heterocycles. The maximum Gasteiger partial charge on any atom is 0.309 e. The van der Waals surface area contributed by atoms with Gasteiger partial charge in [0.15, 0.2) is 0 Å². The normalized spacial score (nSPS) is 22.1. The smallest absolute Gasteiger partial charge is 0.309 e. The first kappa shape index (κ1) is 19.1. The molecule has 0 spiro atoms. The van der Waals surface area contributed by atoms with Crippen molar-refractivity contribution in [1.82, 2.24) is 4.90 Å². The molecular weight excluding hydrogens is 379 g/mol. The Bertz CT molecular complexity index is 712. The molecule has 0 radical (unpaired) electrons. The Morgan fingerprint density at radius 2 is 1.77 bits per heavy atom. The van der Waals surface area contributed by atoms with E-state index in [1.807, 2.05) is 4.90 Å². The van der Waals surface area contributed by atoms with Crippen molar-refractivity contribution in [2.75, 3.05) is 24.6 Å². The number of ether oxygens (including phenoxy) is 1. The predicted octanol–water partition coefficient (Wildman–Crippen LogP) is 2.90. The molecule has 1 atom stereocenters. The Morgan fingerprint density at radius 1 is 1.15 bits per heavy atom.